The Bertz CT molecular complexity index is 382. The highest BCUT2D eigenvalue weighted by atomic mass is 79.9. The Morgan fingerprint density at radius 1 is 1.53 bits per heavy atom. The molecule has 1 heterocycles. The lowest BCUT2D eigenvalue weighted by molar-refractivity contribution is -0.0487. The Labute approximate surface area is 115 Å². The molecule has 96 valence electrons. The number of hydrazine groups is 1. The molecule has 1 aromatic rings. The van der Waals surface area contributed by atoms with Crippen LogP contribution in [0.5, 0.6) is 0 Å². The topological polar surface area (TPSA) is 35.5 Å². The van der Waals surface area contributed by atoms with Crippen molar-refractivity contribution in [1.82, 2.24) is 10.4 Å². The van der Waals surface area contributed by atoms with E-state index in [0.29, 0.717) is 0 Å². The zero-order valence-electron chi connectivity index (χ0n) is 10.2. The van der Waals surface area contributed by atoms with Crippen LogP contribution in [0.15, 0.2) is 15.9 Å². The van der Waals surface area contributed by atoms with E-state index in [1.165, 1.54) is 6.42 Å². The fourth-order valence-corrected chi connectivity index (χ4v) is 4.09. The summed E-state index contributed by atoms with van der Waals surface area (Å²) < 4.78 is 1.06. The highest BCUT2D eigenvalue weighted by molar-refractivity contribution is 9.10. The highest BCUT2D eigenvalue weighted by Gasteiger charge is 2.41. The van der Waals surface area contributed by atoms with Crippen LogP contribution < -0.4 is 5.43 Å². The predicted molar refractivity (Wildman–Crippen MR) is 75.0 cm³/mol. The number of aliphatic hydroxyl groups is 1. The number of nitrogens with zero attached hydrogens (tertiary/aromatic N) is 1. The van der Waals surface area contributed by atoms with Gasteiger partial charge >= 0.3 is 0 Å². The SMILES string of the molecule is CN(C)N[C@H]1CCCC[C@]1(O)c1cc(Br)cs1. The Hall–Kier alpha value is 0.0600. The first-order valence-electron chi connectivity index (χ1n) is 5.93. The van der Waals surface area contributed by atoms with Gasteiger partial charge in [-0.25, -0.2) is 5.43 Å². The summed E-state index contributed by atoms with van der Waals surface area (Å²) in [5.41, 5.74) is 2.63. The minimum atomic E-state index is -0.723. The Morgan fingerprint density at radius 2 is 2.29 bits per heavy atom. The largest absolute Gasteiger partial charge is 0.383 e. The van der Waals surface area contributed by atoms with Crippen LogP contribution in [0.4, 0.5) is 0 Å². The molecule has 0 bridgehead atoms. The summed E-state index contributed by atoms with van der Waals surface area (Å²) in [5.74, 6) is 0. The molecule has 0 amide bonds. The molecule has 0 radical (unpaired) electrons. The molecule has 5 heteroatoms. The van der Waals surface area contributed by atoms with Crippen molar-refractivity contribution in [1.29, 1.82) is 0 Å². The molecule has 17 heavy (non-hydrogen) atoms. The third kappa shape index (κ3) is 2.90. The Morgan fingerprint density at radius 3 is 2.88 bits per heavy atom. The van der Waals surface area contributed by atoms with Crippen LogP contribution in [0.2, 0.25) is 0 Å². The van der Waals surface area contributed by atoms with E-state index in [1.807, 2.05) is 30.6 Å². The molecule has 2 atom stereocenters. The van der Waals surface area contributed by atoms with Gasteiger partial charge in [0.15, 0.2) is 0 Å². The van der Waals surface area contributed by atoms with Gasteiger partial charge in [-0.3, -0.25) is 5.01 Å². The lowest BCUT2D eigenvalue weighted by Crippen LogP contribution is -2.54. The molecule has 0 aliphatic heterocycles. The summed E-state index contributed by atoms with van der Waals surface area (Å²) in [6.45, 7) is 0. The van der Waals surface area contributed by atoms with Crippen molar-refractivity contribution in [2.24, 2.45) is 0 Å². The molecule has 0 saturated heterocycles. The number of hydrogen-bond acceptors (Lipinski definition) is 4. The van der Waals surface area contributed by atoms with Crippen molar-refractivity contribution in [2.45, 2.75) is 37.3 Å². The zero-order chi connectivity index (χ0) is 12.5. The van der Waals surface area contributed by atoms with Gasteiger partial charge in [0.2, 0.25) is 0 Å². The number of thiophene rings is 1. The molecule has 2 rings (SSSR count). The van der Waals surface area contributed by atoms with Gasteiger partial charge < -0.3 is 5.11 Å². The van der Waals surface area contributed by atoms with Gasteiger partial charge in [0.05, 0.1) is 6.04 Å². The van der Waals surface area contributed by atoms with Gasteiger partial charge in [-0.2, -0.15) is 0 Å². The Kier molecular flexibility index (Phi) is 4.26. The van der Waals surface area contributed by atoms with E-state index >= 15 is 0 Å². The maximum Gasteiger partial charge on any atom is 0.115 e. The maximum absolute atomic E-state index is 11.0. The van der Waals surface area contributed by atoms with E-state index in [9.17, 15) is 5.11 Å². The molecule has 3 nitrogen and oxygen atoms in total. The number of nitrogens with one attached hydrogen (secondary N) is 1. The first kappa shape index (κ1) is 13.5. The summed E-state index contributed by atoms with van der Waals surface area (Å²) in [6, 6.07) is 2.15. The van der Waals surface area contributed by atoms with E-state index in [2.05, 4.69) is 21.4 Å². The van der Waals surface area contributed by atoms with Crippen LogP contribution >= 0.6 is 27.3 Å². The van der Waals surface area contributed by atoms with Crippen LogP contribution in [0.25, 0.3) is 0 Å². The second-order valence-electron chi connectivity index (χ2n) is 4.88. The summed E-state index contributed by atoms with van der Waals surface area (Å²) in [4.78, 5) is 1.06. The van der Waals surface area contributed by atoms with Gasteiger partial charge in [-0.15, -0.1) is 11.3 Å². The van der Waals surface area contributed by atoms with Crippen molar-refractivity contribution < 1.29 is 5.11 Å². The standard InChI is InChI=1S/C12H19BrN2OS/c1-15(2)14-10-5-3-4-6-12(10,16)11-7-9(13)8-17-11/h7-8,10,14,16H,3-6H2,1-2H3/t10-,12+/m0/s1. The lowest BCUT2D eigenvalue weighted by Gasteiger charge is -2.41. The van der Waals surface area contributed by atoms with Crippen molar-refractivity contribution in [3.63, 3.8) is 0 Å². The summed E-state index contributed by atoms with van der Waals surface area (Å²) in [5, 5.41) is 14.9. The van der Waals surface area contributed by atoms with E-state index < -0.39 is 5.60 Å². The van der Waals surface area contributed by atoms with Crippen LogP contribution in [-0.2, 0) is 5.60 Å². The summed E-state index contributed by atoms with van der Waals surface area (Å²) in [7, 11) is 3.94. The smallest absolute Gasteiger partial charge is 0.115 e. The third-order valence-corrected chi connectivity index (χ3v) is 5.14. The molecular formula is C12H19BrN2OS. The monoisotopic (exact) mass is 318 g/mol. The molecule has 0 aromatic carbocycles. The van der Waals surface area contributed by atoms with Gasteiger partial charge in [0.1, 0.15) is 5.60 Å². The van der Waals surface area contributed by atoms with Gasteiger partial charge in [-0.1, -0.05) is 12.8 Å². The number of halogens is 1. The average molecular weight is 319 g/mol. The number of hydrogen-bond donors (Lipinski definition) is 2. The summed E-state index contributed by atoms with van der Waals surface area (Å²) in [6.07, 6.45) is 4.13. The highest BCUT2D eigenvalue weighted by Crippen LogP contribution is 2.41. The van der Waals surface area contributed by atoms with Crippen LogP contribution in [-0.4, -0.2) is 30.3 Å². The van der Waals surface area contributed by atoms with Crippen LogP contribution in [0.3, 0.4) is 0 Å². The maximum atomic E-state index is 11.0. The van der Waals surface area contributed by atoms with Crippen molar-refractivity contribution in [3.05, 3.63) is 20.8 Å². The third-order valence-electron chi connectivity index (χ3n) is 3.29. The molecule has 1 aliphatic rings. The second kappa shape index (κ2) is 5.36. The quantitative estimate of drug-likeness (QED) is 0.841. The second-order valence-corrected chi connectivity index (χ2v) is 6.70. The lowest BCUT2D eigenvalue weighted by atomic mass is 9.79. The van der Waals surface area contributed by atoms with E-state index in [0.717, 1.165) is 28.6 Å². The molecule has 0 spiro atoms. The molecule has 0 unspecified atom stereocenters. The fraction of sp³-hybridized carbons (Fsp3) is 0.667. The van der Waals surface area contributed by atoms with Crippen molar-refractivity contribution >= 4 is 27.3 Å². The number of rotatable bonds is 3. The first-order valence-corrected chi connectivity index (χ1v) is 7.60. The van der Waals surface area contributed by atoms with Gasteiger partial charge in [0, 0.05) is 28.8 Å². The van der Waals surface area contributed by atoms with Crippen LogP contribution in [0, 0.1) is 0 Å². The van der Waals surface area contributed by atoms with Crippen LogP contribution in [0.1, 0.15) is 30.6 Å². The molecule has 1 aromatic heterocycles. The Balaban J connectivity index is 2.24. The zero-order valence-corrected chi connectivity index (χ0v) is 12.6. The normalized spacial score (nSPS) is 29.8. The molecule has 1 aliphatic carbocycles. The van der Waals surface area contributed by atoms with E-state index in [1.54, 1.807) is 11.3 Å². The molecule has 1 saturated carbocycles. The molecule has 1 fully saturated rings. The van der Waals surface area contributed by atoms with Crippen molar-refractivity contribution in [2.75, 3.05) is 14.1 Å². The first-order chi connectivity index (χ1) is 8.02. The van der Waals surface area contributed by atoms with E-state index in [-0.39, 0.29) is 6.04 Å². The van der Waals surface area contributed by atoms with Gasteiger partial charge in [0.25, 0.3) is 0 Å². The molecule has 2 N–H and O–H groups in total. The fourth-order valence-electron chi connectivity index (χ4n) is 2.47. The molecular weight excluding hydrogens is 300 g/mol. The minimum absolute atomic E-state index is 0.108. The van der Waals surface area contributed by atoms with E-state index in [4.69, 9.17) is 0 Å². The van der Waals surface area contributed by atoms with Gasteiger partial charge in [-0.05, 0) is 34.8 Å². The summed E-state index contributed by atoms with van der Waals surface area (Å²) >= 11 is 5.09. The minimum Gasteiger partial charge on any atom is -0.383 e. The predicted octanol–water partition coefficient (Wildman–Crippen LogP) is 2.71. The van der Waals surface area contributed by atoms with Crippen molar-refractivity contribution in [3.8, 4) is 0 Å². The average Bonchev–Trinajstić information content (AvgIpc) is 2.68.